The lowest BCUT2D eigenvalue weighted by Crippen LogP contribution is -2.46. The second kappa shape index (κ2) is 9.77. The van der Waals surface area contributed by atoms with Gasteiger partial charge in [-0.2, -0.15) is 0 Å². The zero-order valence-corrected chi connectivity index (χ0v) is 17.2. The van der Waals surface area contributed by atoms with Gasteiger partial charge in [0.25, 0.3) is 0 Å². The van der Waals surface area contributed by atoms with Gasteiger partial charge in [0, 0.05) is 32.0 Å². The maximum atomic E-state index is 12.3. The van der Waals surface area contributed by atoms with E-state index in [4.69, 9.17) is 4.74 Å². The molecule has 0 spiro atoms. The fraction of sp³-hybridized carbons (Fsp3) is 0.636. The summed E-state index contributed by atoms with van der Waals surface area (Å²) >= 11 is 0. The van der Waals surface area contributed by atoms with Gasteiger partial charge in [-0.3, -0.25) is 9.59 Å². The summed E-state index contributed by atoms with van der Waals surface area (Å²) in [5.74, 6) is 1.12. The first kappa shape index (κ1) is 21.3. The Hall–Kier alpha value is -2.04. The van der Waals surface area contributed by atoms with E-state index in [0.29, 0.717) is 25.9 Å². The summed E-state index contributed by atoms with van der Waals surface area (Å²) in [6, 6.07) is 8.40. The van der Waals surface area contributed by atoms with Crippen LogP contribution in [0.1, 0.15) is 65.4 Å². The number of hydrogen-bond acceptors (Lipinski definition) is 3. The summed E-state index contributed by atoms with van der Waals surface area (Å²) in [7, 11) is 0. The molecule has 2 amide bonds. The lowest BCUT2D eigenvalue weighted by molar-refractivity contribution is -0.132. The zero-order chi connectivity index (χ0) is 19.9. The van der Waals surface area contributed by atoms with Crippen LogP contribution in [-0.4, -0.2) is 42.5 Å². The van der Waals surface area contributed by atoms with Gasteiger partial charge in [0.1, 0.15) is 5.75 Å². The van der Waals surface area contributed by atoms with Crippen molar-refractivity contribution < 1.29 is 14.3 Å². The predicted molar refractivity (Wildman–Crippen MR) is 108 cm³/mol. The average Bonchev–Trinajstić information content (AvgIpc) is 2.65. The van der Waals surface area contributed by atoms with Crippen molar-refractivity contribution in [3.63, 3.8) is 0 Å². The number of nitrogens with one attached hydrogen (secondary N) is 1. The van der Waals surface area contributed by atoms with Gasteiger partial charge in [0.05, 0.1) is 6.61 Å². The Kier molecular flexibility index (Phi) is 7.69. The Balaban J connectivity index is 1.64. The number of nitrogens with zero attached hydrogens (tertiary/aromatic N) is 1. The lowest BCUT2D eigenvalue weighted by atomic mass is 9.87. The molecule has 0 aliphatic carbocycles. The highest BCUT2D eigenvalue weighted by atomic mass is 16.5. The highest BCUT2D eigenvalue weighted by molar-refractivity contribution is 5.77. The maximum Gasteiger partial charge on any atom is 0.222 e. The molecule has 1 aromatic rings. The Labute approximate surface area is 163 Å². The number of likely N-dealkylation sites (tertiary alicyclic amines) is 1. The number of piperidine rings is 1. The number of ether oxygens (including phenoxy) is 1. The zero-order valence-electron chi connectivity index (χ0n) is 17.2. The van der Waals surface area contributed by atoms with Crippen LogP contribution in [0, 0.1) is 0 Å². The van der Waals surface area contributed by atoms with Crippen LogP contribution < -0.4 is 10.1 Å². The predicted octanol–water partition coefficient (Wildman–Crippen LogP) is 3.66. The molecular weight excluding hydrogens is 340 g/mol. The first-order valence-electron chi connectivity index (χ1n) is 10.1. The topological polar surface area (TPSA) is 58.6 Å². The number of benzene rings is 1. The average molecular weight is 375 g/mol. The van der Waals surface area contributed by atoms with Gasteiger partial charge < -0.3 is 15.0 Å². The Bertz CT molecular complexity index is 611. The summed E-state index contributed by atoms with van der Waals surface area (Å²) < 4.78 is 5.77. The lowest BCUT2D eigenvalue weighted by Gasteiger charge is -2.32. The number of carbonyl (C=O) groups excluding carboxylic acids is 2. The fourth-order valence-electron chi connectivity index (χ4n) is 3.23. The number of amides is 2. The van der Waals surface area contributed by atoms with Crippen LogP contribution in [0.4, 0.5) is 0 Å². The molecule has 27 heavy (non-hydrogen) atoms. The normalized spacial score (nSPS) is 15.5. The minimum atomic E-state index is 0.0902. The van der Waals surface area contributed by atoms with E-state index in [1.165, 1.54) is 5.56 Å². The third-order valence-electron chi connectivity index (χ3n) is 5.06. The van der Waals surface area contributed by atoms with Crippen molar-refractivity contribution in [1.29, 1.82) is 0 Å². The third-order valence-corrected chi connectivity index (χ3v) is 5.06. The molecule has 1 saturated heterocycles. The minimum Gasteiger partial charge on any atom is -0.494 e. The third kappa shape index (κ3) is 6.89. The molecule has 1 aliphatic rings. The second-order valence-electron chi connectivity index (χ2n) is 8.30. The van der Waals surface area contributed by atoms with Gasteiger partial charge >= 0.3 is 0 Å². The van der Waals surface area contributed by atoms with Crippen LogP contribution in [0.2, 0.25) is 0 Å². The van der Waals surface area contributed by atoms with Crippen molar-refractivity contribution in [2.45, 2.75) is 71.3 Å². The van der Waals surface area contributed by atoms with Crippen LogP contribution in [0.15, 0.2) is 24.3 Å². The summed E-state index contributed by atoms with van der Waals surface area (Å²) in [6.45, 7) is 10.4. The standard InChI is InChI=1S/C22H34N2O3/c1-5-20(25)23-18-12-14-24(15-13-18)21(26)7-6-16-27-19-10-8-17(9-11-19)22(2,3)4/h8-11,18H,5-7,12-16H2,1-4H3,(H,23,25). The number of carbonyl (C=O) groups is 2. The second-order valence-corrected chi connectivity index (χ2v) is 8.30. The fourth-order valence-corrected chi connectivity index (χ4v) is 3.23. The largest absolute Gasteiger partial charge is 0.494 e. The van der Waals surface area contributed by atoms with E-state index in [-0.39, 0.29) is 23.3 Å². The summed E-state index contributed by atoms with van der Waals surface area (Å²) in [5.41, 5.74) is 1.42. The quantitative estimate of drug-likeness (QED) is 0.741. The Morgan fingerprint density at radius 1 is 1.15 bits per heavy atom. The van der Waals surface area contributed by atoms with Crippen LogP contribution >= 0.6 is 0 Å². The van der Waals surface area contributed by atoms with Gasteiger partial charge in [-0.15, -0.1) is 0 Å². The summed E-state index contributed by atoms with van der Waals surface area (Å²) in [4.78, 5) is 25.7. The van der Waals surface area contributed by atoms with Crippen molar-refractivity contribution in [1.82, 2.24) is 10.2 Å². The molecule has 0 radical (unpaired) electrons. The molecule has 0 saturated carbocycles. The van der Waals surface area contributed by atoms with Gasteiger partial charge in [-0.1, -0.05) is 39.8 Å². The molecule has 0 aromatic heterocycles. The highest BCUT2D eigenvalue weighted by Crippen LogP contribution is 2.24. The molecule has 0 bridgehead atoms. The van der Waals surface area contributed by atoms with Crippen LogP contribution in [0.5, 0.6) is 5.75 Å². The van der Waals surface area contributed by atoms with Crippen molar-refractivity contribution in [3.05, 3.63) is 29.8 Å². The van der Waals surface area contributed by atoms with Crippen LogP contribution in [0.3, 0.4) is 0 Å². The number of hydrogen-bond donors (Lipinski definition) is 1. The monoisotopic (exact) mass is 374 g/mol. The molecular formula is C22H34N2O3. The molecule has 0 atom stereocenters. The summed E-state index contributed by atoms with van der Waals surface area (Å²) in [5, 5.41) is 3.01. The minimum absolute atomic E-state index is 0.0902. The van der Waals surface area contributed by atoms with E-state index in [2.05, 4.69) is 38.2 Å². The first-order valence-corrected chi connectivity index (χ1v) is 10.1. The van der Waals surface area contributed by atoms with E-state index >= 15 is 0 Å². The molecule has 5 heteroatoms. The highest BCUT2D eigenvalue weighted by Gasteiger charge is 2.23. The molecule has 1 aromatic carbocycles. The van der Waals surface area contributed by atoms with Crippen molar-refractivity contribution in [3.8, 4) is 5.75 Å². The van der Waals surface area contributed by atoms with Gasteiger partial charge in [0.15, 0.2) is 0 Å². The molecule has 150 valence electrons. The maximum absolute atomic E-state index is 12.3. The van der Waals surface area contributed by atoms with Gasteiger partial charge in [-0.05, 0) is 42.4 Å². The van der Waals surface area contributed by atoms with E-state index in [9.17, 15) is 9.59 Å². The molecule has 1 fully saturated rings. The van der Waals surface area contributed by atoms with E-state index < -0.39 is 0 Å². The summed E-state index contributed by atoms with van der Waals surface area (Å²) in [6.07, 6.45) is 3.42. The van der Waals surface area contributed by atoms with E-state index in [1.54, 1.807) is 0 Å². The molecule has 1 aliphatic heterocycles. The Morgan fingerprint density at radius 3 is 2.33 bits per heavy atom. The molecule has 5 nitrogen and oxygen atoms in total. The SMILES string of the molecule is CCC(=O)NC1CCN(C(=O)CCCOc2ccc(C(C)(C)C)cc2)CC1. The van der Waals surface area contributed by atoms with Crippen molar-refractivity contribution in [2.24, 2.45) is 0 Å². The van der Waals surface area contributed by atoms with Gasteiger partial charge in [0.2, 0.25) is 11.8 Å². The van der Waals surface area contributed by atoms with Gasteiger partial charge in [-0.25, -0.2) is 0 Å². The van der Waals surface area contributed by atoms with E-state index in [0.717, 1.165) is 31.7 Å². The van der Waals surface area contributed by atoms with Crippen molar-refractivity contribution >= 4 is 11.8 Å². The molecule has 2 rings (SSSR count). The Morgan fingerprint density at radius 2 is 1.78 bits per heavy atom. The van der Waals surface area contributed by atoms with Crippen LogP contribution in [-0.2, 0) is 15.0 Å². The molecule has 1 heterocycles. The smallest absolute Gasteiger partial charge is 0.222 e. The number of rotatable bonds is 7. The molecule has 1 N–H and O–H groups in total. The van der Waals surface area contributed by atoms with Crippen molar-refractivity contribution in [2.75, 3.05) is 19.7 Å². The van der Waals surface area contributed by atoms with Crippen LogP contribution in [0.25, 0.3) is 0 Å². The first-order chi connectivity index (χ1) is 12.8. The molecule has 0 unspecified atom stereocenters. The van der Waals surface area contributed by atoms with E-state index in [1.807, 2.05) is 24.0 Å².